The van der Waals surface area contributed by atoms with E-state index in [0.29, 0.717) is 11.8 Å². The van der Waals surface area contributed by atoms with Gasteiger partial charge in [-0.05, 0) is 102 Å². The van der Waals surface area contributed by atoms with E-state index >= 15 is 0 Å². The van der Waals surface area contributed by atoms with Crippen molar-refractivity contribution in [2.75, 3.05) is 0 Å². The molecular weight excluding hydrogens is 633 g/mol. The fourth-order valence-corrected chi connectivity index (χ4v) is 8.78. The second-order valence-electron chi connectivity index (χ2n) is 14.6. The van der Waals surface area contributed by atoms with Crippen molar-refractivity contribution in [2.45, 2.75) is 32.7 Å². The van der Waals surface area contributed by atoms with Gasteiger partial charge in [0.2, 0.25) is 0 Å². The van der Waals surface area contributed by atoms with Crippen LogP contribution in [-0.2, 0) is 0 Å². The largest absolute Gasteiger partial charge is 0.359 e. The molecule has 3 unspecified atom stereocenters. The predicted molar refractivity (Wildman–Crippen MR) is 217 cm³/mol. The number of rotatable bonds is 5. The molecule has 3 heterocycles. The first-order valence-corrected chi connectivity index (χ1v) is 18.5. The number of aliphatic imine (C=N–C) groups is 1. The number of nitrogens with zero attached hydrogens (tertiary/aromatic N) is 3. The maximum absolute atomic E-state index is 5.19. The lowest BCUT2D eigenvalue weighted by atomic mass is 9.76. The van der Waals surface area contributed by atoms with E-state index in [1.807, 2.05) is 0 Å². The minimum Gasteiger partial charge on any atom is -0.359 e. The summed E-state index contributed by atoms with van der Waals surface area (Å²) < 4.78 is 4.71. The number of hydrogen-bond acceptors (Lipinski definition) is 2. The highest BCUT2D eigenvalue weighted by atomic mass is 15.1. The molecule has 3 atom stereocenters. The van der Waals surface area contributed by atoms with Crippen LogP contribution in [0.3, 0.4) is 0 Å². The van der Waals surface area contributed by atoms with E-state index < -0.39 is 0 Å². The fourth-order valence-electron chi connectivity index (χ4n) is 8.78. The normalized spacial score (nSPS) is 19.9. The topological polar surface area (TPSA) is 34.2 Å². The van der Waals surface area contributed by atoms with Crippen molar-refractivity contribution in [1.82, 2.24) is 14.5 Å². The van der Waals surface area contributed by atoms with Gasteiger partial charge < -0.3 is 14.5 Å². The summed E-state index contributed by atoms with van der Waals surface area (Å²) in [5.41, 5.74) is 13.6. The zero-order valence-corrected chi connectivity index (χ0v) is 29.5. The summed E-state index contributed by atoms with van der Waals surface area (Å²) in [5.74, 6) is 1.89. The summed E-state index contributed by atoms with van der Waals surface area (Å²) in [6, 6.07) is 43.8. The fraction of sp³-hybridized carbons (Fsp3) is 0.146. The quantitative estimate of drug-likeness (QED) is 0.194. The van der Waals surface area contributed by atoms with Crippen molar-refractivity contribution in [3.63, 3.8) is 0 Å². The van der Waals surface area contributed by atoms with E-state index in [-0.39, 0.29) is 6.04 Å². The molecule has 0 bridgehead atoms. The van der Waals surface area contributed by atoms with Crippen molar-refractivity contribution >= 4 is 44.2 Å². The van der Waals surface area contributed by atoms with Gasteiger partial charge in [-0.1, -0.05) is 105 Å². The molecule has 5 aromatic carbocycles. The van der Waals surface area contributed by atoms with Gasteiger partial charge in [-0.25, -0.2) is 4.99 Å². The van der Waals surface area contributed by atoms with Crippen LogP contribution in [0.25, 0.3) is 44.1 Å². The highest BCUT2D eigenvalue weighted by molar-refractivity contribution is 6.18. The van der Waals surface area contributed by atoms with E-state index in [9.17, 15) is 0 Å². The molecule has 252 valence electrons. The molecular formula is C48H40N4. The second-order valence-corrected chi connectivity index (χ2v) is 14.6. The summed E-state index contributed by atoms with van der Waals surface area (Å²) in [6.45, 7) is 4.72. The number of nitrogens with one attached hydrogen (secondary N) is 1. The molecule has 52 heavy (non-hydrogen) atoms. The Morgan fingerprint density at radius 3 is 2.31 bits per heavy atom. The van der Waals surface area contributed by atoms with E-state index in [4.69, 9.17) is 4.99 Å². The number of allylic oxidation sites excluding steroid dienone is 7. The molecule has 1 N–H and O–H groups in total. The lowest BCUT2D eigenvalue weighted by molar-refractivity contribution is 0.563. The van der Waals surface area contributed by atoms with Crippen LogP contribution in [0.2, 0.25) is 0 Å². The molecule has 1 aliphatic heterocycles. The number of para-hydroxylation sites is 3. The number of aromatic nitrogens is 2. The SMILES string of the molecule is CC1CC=CC=C1C1=CC=C(C2NC(c3ccc(-n4c5ccccc5c5ccc6c(ccn6-c6ccccc6)c54)cc3)=Nc3ccccc32)C(C)C1. The van der Waals surface area contributed by atoms with Crippen molar-refractivity contribution in [1.29, 1.82) is 0 Å². The van der Waals surface area contributed by atoms with Gasteiger partial charge in [0.25, 0.3) is 0 Å². The molecule has 7 aromatic rings. The van der Waals surface area contributed by atoms with Crippen LogP contribution < -0.4 is 5.32 Å². The minimum atomic E-state index is 0.0631. The van der Waals surface area contributed by atoms with E-state index in [1.165, 1.54) is 55.0 Å². The van der Waals surface area contributed by atoms with Crippen LogP contribution in [0.15, 0.2) is 180 Å². The van der Waals surface area contributed by atoms with Gasteiger partial charge in [0, 0.05) is 44.9 Å². The first-order chi connectivity index (χ1) is 25.6. The van der Waals surface area contributed by atoms with Crippen LogP contribution in [0, 0.1) is 11.8 Å². The molecule has 10 rings (SSSR count). The van der Waals surface area contributed by atoms with Gasteiger partial charge in [0.1, 0.15) is 5.84 Å². The average Bonchev–Trinajstić information content (AvgIpc) is 3.78. The first-order valence-electron chi connectivity index (χ1n) is 18.5. The first kappa shape index (κ1) is 30.7. The summed E-state index contributed by atoms with van der Waals surface area (Å²) in [7, 11) is 0. The van der Waals surface area contributed by atoms with Crippen molar-refractivity contribution < 1.29 is 0 Å². The summed E-state index contributed by atoms with van der Waals surface area (Å²) in [6.07, 6.45) is 15.9. The second kappa shape index (κ2) is 12.3. The Morgan fingerprint density at radius 1 is 0.654 bits per heavy atom. The Hall–Kier alpha value is -6.13. The molecule has 0 saturated heterocycles. The summed E-state index contributed by atoms with van der Waals surface area (Å²) in [5, 5.41) is 7.65. The molecule has 0 spiro atoms. The van der Waals surface area contributed by atoms with Crippen LogP contribution in [0.1, 0.15) is 43.9 Å². The van der Waals surface area contributed by atoms with Crippen LogP contribution >= 0.6 is 0 Å². The lowest BCUT2D eigenvalue weighted by Crippen LogP contribution is -2.35. The van der Waals surface area contributed by atoms with Crippen LogP contribution in [0.5, 0.6) is 0 Å². The molecule has 4 heteroatoms. The Bertz CT molecular complexity index is 2680. The monoisotopic (exact) mass is 672 g/mol. The number of benzene rings is 5. The zero-order valence-electron chi connectivity index (χ0n) is 29.5. The lowest BCUT2D eigenvalue weighted by Gasteiger charge is -2.34. The van der Waals surface area contributed by atoms with Crippen molar-refractivity contribution in [3.05, 3.63) is 186 Å². The molecule has 4 nitrogen and oxygen atoms in total. The van der Waals surface area contributed by atoms with Gasteiger partial charge in [0.05, 0.1) is 28.3 Å². The number of hydrogen-bond donors (Lipinski definition) is 1. The Morgan fingerprint density at radius 2 is 1.46 bits per heavy atom. The highest BCUT2D eigenvalue weighted by Gasteiger charge is 2.31. The molecule has 0 saturated carbocycles. The third-order valence-corrected chi connectivity index (χ3v) is 11.4. The molecule has 0 fully saturated rings. The van der Waals surface area contributed by atoms with Crippen LogP contribution in [-0.4, -0.2) is 15.0 Å². The summed E-state index contributed by atoms with van der Waals surface area (Å²) in [4.78, 5) is 5.19. The van der Waals surface area contributed by atoms with Gasteiger partial charge >= 0.3 is 0 Å². The zero-order chi connectivity index (χ0) is 34.8. The van der Waals surface area contributed by atoms with E-state index in [0.717, 1.165) is 41.3 Å². The van der Waals surface area contributed by atoms with Gasteiger partial charge in [-0.3, -0.25) is 0 Å². The third-order valence-electron chi connectivity index (χ3n) is 11.4. The average molecular weight is 673 g/mol. The standard InChI is InChI=1S/C48H40N4/c1-31-12-6-7-15-37(31)34-22-25-38(32(2)30-34)46-41-17-8-10-18-43(41)49-48(50-46)33-20-23-36(24-21-33)52-45-19-11-9-16-39(45)40-26-27-44-42(47(40)52)28-29-51(44)35-13-4-3-5-14-35/h3-11,13-29,31-32,46H,12,30H2,1-2H3,(H,49,50). The molecule has 2 aliphatic carbocycles. The summed E-state index contributed by atoms with van der Waals surface area (Å²) >= 11 is 0. The van der Waals surface area contributed by atoms with E-state index in [2.05, 4.69) is 186 Å². The molecule has 0 radical (unpaired) electrons. The smallest absolute Gasteiger partial charge is 0.134 e. The minimum absolute atomic E-state index is 0.0631. The van der Waals surface area contributed by atoms with Gasteiger partial charge in [-0.2, -0.15) is 0 Å². The maximum atomic E-state index is 5.19. The highest BCUT2D eigenvalue weighted by Crippen LogP contribution is 2.43. The van der Waals surface area contributed by atoms with Gasteiger partial charge in [-0.15, -0.1) is 0 Å². The van der Waals surface area contributed by atoms with Crippen LogP contribution in [0.4, 0.5) is 5.69 Å². The van der Waals surface area contributed by atoms with E-state index in [1.54, 1.807) is 0 Å². The molecule has 3 aliphatic rings. The molecule has 0 amide bonds. The van der Waals surface area contributed by atoms with Crippen molar-refractivity contribution in [3.8, 4) is 11.4 Å². The Kier molecular flexibility index (Phi) is 7.24. The maximum Gasteiger partial charge on any atom is 0.134 e. The third kappa shape index (κ3) is 4.93. The molecule has 2 aromatic heterocycles. The predicted octanol–water partition coefficient (Wildman–Crippen LogP) is 11.9. The number of fused-ring (bicyclic) bond motifs is 6. The Labute approximate surface area is 304 Å². The van der Waals surface area contributed by atoms with Gasteiger partial charge in [0.15, 0.2) is 0 Å². The number of amidine groups is 1. The Balaban J connectivity index is 1.04. The van der Waals surface area contributed by atoms with Crippen molar-refractivity contribution in [2.24, 2.45) is 16.8 Å².